The van der Waals surface area contributed by atoms with E-state index in [2.05, 4.69) is 22.6 Å². The van der Waals surface area contributed by atoms with Crippen LogP contribution in [0.25, 0.3) is 0 Å². The van der Waals surface area contributed by atoms with E-state index in [1.54, 1.807) is 0 Å². The molecule has 0 aliphatic carbocycles. The molecule has 0 aromatic rings. The molecule has 0 N–H and O–H groups in total. The molecule has 0 aliphatic rings. The molecule has 0 rings (SSSR count). The third-order valence-corrected chi connectivity index (χ3v) is 2.19. The van der Waals surface area contributed by atoms with Gasteiger partial charge in [-0.3, -0.25) is 0 Å². The van der Waals surface area contributed by atoms with Crippen LogP contribution in [-0.4, -0.2) is 30.8 Å². The molecule has 0 unspecified atom stereocenters. The smallest absolute Gasteiger partial charge is 0.356 e. The van der Waals surface area contributed by atoms with Crippen LogP contribution in [0.5, 0.6) is 0 Å². The van der Waals surface area contributed by atoms with Gasteiger partial charge < -0.3 is 9.47 Å². The van der Waals surface area contributed by atoms with Gasteiger partial charge in [0.2, 0.25) is 0 Å². The first-order chi connectivity index (χ1) is 8.52. The molecule has 0 spiro atoms. The summed E-state index contributed by atoms with van der Waals surface area (Å²) in [5.41, 5.74) is -2.75. The first-order valence-corrected chi connectivity index (χ1v) is 5.78. The zero-order valence-electron chi connectivity index (χ0n) is 10.6. The molecule has 0 aromatic heterocycles. The summed E-state index contributed by atoms with van der Waals surface area (Å²) < 4.78 is 23.6. The van der Waals surface area contributed by atoms with Gasteiger partial charge in [-0.2, -0.15) is 0 Å². The number of rotatable bonds is 9. The van der Waals surface area contributed by atoms with Crippen LogP contribution in [0.15, 0.2) is 25.3 Å². The van der Waals surface area contributed by atoms with Crippen molar-refractivity contribution in [1.82, 2.24) is 0 Å². The largest absolute Gasteiger partial charge is 0.459 e. The predicted octanol–water partition coefficient (Wildman–Crippen LogP) is 2.34. The Morgan fingerprint density at radius 2 is 1.61 bits per heavy atom. The molecule has 0 aliphatic heterocycles. The van der Waals surface area contributed by atoms with E-state index in [0.29, 0.717) is 12.8 Å². The van der Waals surface area contributed by atoms with Crippen LogP contribution in [0.3, 0.4) is 0 Å². The molecule has 0 saturated heterocycles. The summed E-state index contributed by atoms with van der Waals surface area (Å²) >= 11 is 0. The van der Waals surface area contributed by atoms with Gasteiger partial charge in [-0.05, 0) is 6.42 Å². The molecule has 102 valence electrons. The zero-order chi connectivity index (χ0) is 14.0. The first kappa shape index (κ1) is 16.4. The normalized spacial score (nSPS) is 10.6. The second-order valence-corrected chi connectivity index (χ2v) is 3.68. The number of ether oxygens (including phenoxy) is 2. The van der Waals surface area contributed by atoms with Crippen molar-refractivity contribution in [2.75, 3.05) is 13.2 Å². The highest BCUT2D eigenvalue weighted by atomic mass is 19.1. The van der Waals surface area contributed by atoms with Crippen molar-refractivity contribution in [2.45, 2.75) is 31.9 Å². The molecule has 0 bridgehead atoms. The summed E-state index contributed by atoms with van der Waals surface area (Å²) in [5.74, 6) is -2.46. The number of halogens is 1. The third-order valence-electron chi connectivity index (χ3n) is 2.19. The summed E-state index contributed by atoms with van der Waals surface area (Å²) in [6.45, 7) is 8.21. The van der Waals surface area contributed by atoms with E-state index in [1.807, 2.05) is 6.92 Å². The lowest BCUT2D eigenvalue weighted by atomic mass is 9.99. The Kier molecular flexibility index (Phi) is 7.67. The van der Waals surface area contributed by atoms with Crippen LogP contribution >= 0.6 is 0 Å². The van der Waals surface area contributed by atoms with E-state index >= 15 is 0 Å². The van der Waals surface area contributed by atoms with E-state index in [0.717, 1.165) is 0 Å². The van der Waals surface area contributed by atoms with Crippen LogP contribution in [-0.2, 0) is 19.1 Å². The van der Waals surface area contributed by atoms with Gasteiger partial charge in [0.05, 0.1) is 0 Å². The van der Waals surface area contributed by atoms with Crippen LogP contribution in [0.1, 0.15) is 26.2 Å². The van der Waals surface area contributed by atoms with Gasteiger partial charge in [0.15, 0.2) is 0 Å². The lowest BCUT2D eigenvalue weighted by Crippen LogP contribution is -2.45. The van der Waals surface area contributed by atoms with Gasteiger partial charge in [-0.1, -0.05) is 38.7 Å². The van der Waals surface area contributed by atoms with Gasteiger partial charge in [-0.15, -0.1) is 0 Å². The fourth-order valence-electron chi connectivity index (χ4n) is 1.21. The average molecular weight is 258 g/mol. The maximum Gasteiger partial charge on any atom is 0.356 e. The molecule has 0 aromatic carbocycles. The molecule has 0 radical (unpaired) electrons. The Bertz CT molecular complexity index is 288. The van der Waals surface area contributed by atoms with Crippen molar-refractivity contribution in [3.63, 3.8) is 0 Å². The minimum absolute atomic E-state index is 0.147. The SMILES string of the molecule is C=CCOC(=O)C(F)(CCCC)C(=O)OCC=C. The highest BCUT2D eigenvalue weighted by Crippen LogP contribution is 2.23. The number of unbranched alkanes of at least 4 members (excludes halogenated alkanes) is 1. The quantitative estimate of drug-likeness (QED) is 0.362. The fourth-order valence-corrected chi connectivity index (χ4v) is 1.21. The Morgan fingerprint density at radius 3 is 1.94 bits per heavy atom. The second-order valence-electron chi connectivity index (χ2n) is 3.68. The number of carbonyl (C=O) groups excluding carboxylic acids is 2. The van der Waals surface area contributed by atoms with Gasteiger partial charge in [0, 0.05) is 6.42 Å². The van der Waals surface area contributed by atoms with Gasteiger partial charge in [0.25, 0.3) is 0 Å². The molecule has 18 heavy (non-hydrogen) atoms. The first-order valence-electron chi connectivity index (χ1n) is 5.78. The lowest BCUT2D eigenvalue weighted by molar-refractivity contribution is -0.174. The number of carbonyl (C=O) groups is 2. The summed E-state index contributed by atoms with van der Waals surface area (Å²) in [7, 11) is 0. The predicted molar refractivity (Wildman–Crippen MR) is 65.7 cm³/mol. The topological polar surface area (TPSA) is 52.6 Å². The van der Waals surface area contributed by atoms with Crippen LogP contribution in [0.2, 0.25) is 0 Å². The Hall–Kier alpha value is -1.65. The van der Waals surface area contributed by atoms with Crippen molar-refractivity contribution in [3.05, 3.63) is 25.3 Å². The maximum atomic E-state index is 14.4. The highest BCUT2D eigenvalue weighted by molar-refractivity contribution is 6.03. The number of hydrogen-bond acceptors (Lipinski definition) is 4. The van der Waals surface area contributed by atoms with Crippen molar-refractivity contribution < 1.29 is 23.5 Å². The van der Waals surface area contributed by atoms with Crippen molar-refractivity contribution in [2.24, 2.45) is 0 Å². The van der Waals surface area contributed by atoms with E-state index in [-0.39, 0.29) is 19.6 Å². The molecule has 0 atom stereocenters. The molecule has 4 nitrogen and oxygen atoms in total. The minimum Gasteiger partial charge on any atom is -0.459 e. The van der Waals surface area contributed by atoms with E-state index < -0.39 is 17.6 Å². The molecular formula is C13H19FO4. The lowest BCUT2D eigenvalue weighted by Gasteiger charge is -2.20. The molecule has 5 heteroatoms. The van der Waals surface area contributed by atoms with Crippen LogP contribution in [0, 0.1) is 0 Å². The summed E-state index contributed by atoms with van der Waals surface area (Å²) in [6, 6.07) is 0. The van der Waals surface area contributed by atoms with Crippen LogP contribution < -0.4 is 0 Å². The molecular weight excluding hydrogens is 239 g/mol. The molecule has 0 saturated carbocycles. The Labute approximate surface area is 106 Å². The monoisotopic (exact) mass is 258 g/mol. The summed E-state index contributed by atoms with van der Waals surface area (Å²) in [5, 5.41) is 0. The van der Waals surface area contributed by atoms with Crippen molar-refractivity contribution in [1.29, 1.82) is 0 Å². The van der Waals surface area contributed by atoms with Gasteiger partial charge in [0.1, 0.15) is 13.2 Å². The number of esters is 2. The number of alkyl halides is 1. The van der Waals surface area contributed by atoms with Crippen LogP contribution in [0.4, 0.5) is 4.39 Å². The second kappa shape index (κ2) is 8.44. The average Bonchev–Trinajstić information content (AvgIpc) is 2.38. The number of hydrogen-bond donors (Lipinski definition) is 0. The van der Waals surface area contributed by atoms with Crippen molar-refractivity contribution in [3.8, 4) is 0 Å². The maximum absolute atomic E-state index is 14.4. The summed E-state index contributed by atoms with van der Waals surface area (Å²) in [6.07, 6.45) is 3.37. The third kappa shape index (κ3) is 4.69. The van der Waals surface area contributed by atoms with E-state index in [4.69, 9.17) is 0 Å². The molecule has 0 fully saturated rings. The Balaban J connectivity index is 4.78. The van der Waals surface area contributed by atoms with Crippen molar-refractivity contribution >= 4 is 11.9 Å². The van der Waals surface area contributed by atoms with E-state index in [9.17, 15) is 14.0 Å². The molecule has 0 amide bonds. The summed E-state index contributed by atoms with van der Waals surface area (Å²) in [4.78, 5) is 23.1. The highest BCUT2D eigenvalue weighted by Gasteiger charge is 2.49. The van der Waals surface area contributed by atoms with Gasteiger partial charge in [-0.25, -0.2) is 14.0 Å². The van der Waals surface area contributed by atoms with E-state index in [1.165, 1.54) is 12.2 Å². The minimum atomic E-state index is -2.75. The fraction of sp³-hybridized carbons (Fsp3) is 0.538. The Morgan fingerprint density at radius 1 is 1.17 bits per heavy atom. The zero-order valence-corrected chi connectivity index (χ0v) is 10.6. The van der Waals surface area contributed by atoms with Gasteiger partial charge >= 0.3 is 17.6 Å². The standard InChI is InChI=1S/C13H19FO4/c1-4-7-8-13(14,11(15)17-9-5-2)12(16)18-10-6-3/h5-6H,2-4,7-10H2,1H3. The molecule has 0 heterocycles.